The van der Waals surface area contributed by atoms with Gasteiger partial charge in [-0.05, 0) is 37.8 Å². The Balaban J connectivity index is 1.38. The summed E-state index contributed by atoms with van der Waals surface area (Å²) in [5.41, 5.74) is 2.39. The van der Waals surface area contributed by atoms with E-state index in [4.69, 9.17) is 11.2 Å². The highest BCUT2D eigenvalue weighted by Gasteiger charge is 2.38. The van der Waals surface area contributed by atoms with Crippen LogP contribution in [-0.2, 0) is 22.6 Å². The molecule has 2 aliphatic rings. The van der Waals surface area contributed by atoms with E-state index in [0.29, 0.717) is 37.2 Å². The van der Waals surface area contributed by atoms with Crippen LogP contribution in [0.4, 0.5) is 10.1 Å². The molecule has 2 aromatic rings. The summed E-state index contributed by atoms with van der Waals surface area (Å²) in [6.45, 7) is 2.29. The van der Waals surface area contributed by atoms with Crippen molar-refractivity contribution < 1.29 is 18.7 Å². The topological polar surface area (TPSA) is 88.5 Å². The average Bonchev–Trinajstić information content (AvgIpc) is 3.36. The van der Waals surface area contributed by atoms with Gasteiger partial charge in [-0.25, -0.2) is 4.39 Å². The van der Waals surface area contributed by atoms with Crippen molar-refractivity contribution in [1.82, 2.24) is 20.0 Å². The van der Waals surface area contributed by atoms with Gasteiger partial charge in [-0.1, -0.05) is 5.92 Å². The van der Waals surface area contributed by atoms with Crippen molar-refractivity contribution in [3.8, 4) is 12.3 Å². The lowest BCUT2D eigenvalue weighted by Crippen LogP contribution is -2.48. The lowest BCUT2D eigenvalue weighted by atomic mass is 10.1. The molecule has 1 aromatic carbocycles. The molecule has 0 saturated carbocycles. The summed E-state index contributed by atoms with van der Waals surface area (Å²) in [6.07, 6.45) is 11.7. The van der Waals surface area contributed by atoms with E-state index in [1.165, 1.54) is 17.0 Å². The Morgan fingerprint density at radius 1 is 1.34 bits per heavy atom. The Bertz CT molecular complexity index is 1040. The first kappa shape index (κ1) is 21.8. The largest absolute Gasteiger partial charge is 0.385 e. The van der Waals surface area contributed by atoms with Crippen LogP contribution < -0.4 is 10.6 Å². The summed E-state index contributed by atoms with van der Waals surface area (Å²) in [7, 11) is 0. The van der Waals surface area contributed by atoms with Crippen molar-refractivity contribution in [1.29, 1.82) is 0 Å². The molecule has 4 rings (SSSR count). The number of halogens is 1. The molecule has 3 heterocycles. The summed E-state index contributed by atoms with van der Waals surface area (Å²) in [6, 6.07) is 2.08. The summed E-state index contributed by atoms with van der Waals surface area (Å²) in [5.74, 6) is 1.51. The van der Waals surface area contributed by atoms with Gasteiger partial charge in [0, 0.05) is 49.3 Å². The van der Waals surface area contributed by atoms with E-state index in [1.807, 2.05) is 6.20 Å². The first-order chi connectivity index (χ1) is 15.6. The van der Waals surface area contributed by atoms with Crippen LogP contribution in [0, 0.1) is 18.2 Å². The Hall–Kier alpha value is -3.38. The number of unbranched alkanes of at least 4 members (excludes halogenated alkanes) is 1. The number of aromatic nitrogens is 2. The van der Waals surface area contributed by atoms with Gasteiger partial charge in [0.1, 0.15) is 18.6 Å². The number of nitrogens with zero attached hydrogens (tertiary/aromatic N) is 3. The van der Waals surface area contributed by atoms with Gasteiger partial charge in [0.2, 0.25) is 5.91 Å². The number of benzene rings is 1. The van der Waals surface area contributed by atoms with Crippen LogP contribution in [0.3, 0.4) is 0 Å². The van der Waals surface area contributed by atoms with Crippen LogP contribution in [0.15, 0.2) is 24.5 Å². The standard InChI is InChI=1S/C23H26FN5O3/c1-2-16-12-27-28(13-16)8-4-3-7-25-20-11-17(24)10-18-19(20)14-29(23(18)31)21-6-5-9-32-15-26-22(21)30/h1,10-13,21,25H,3-9,14-15H2,(H,26,30). The quantitative estimate of drug-likeness (QED) is 0.510. The van der Waals surface area contributed by atoms with E-state index < -0.39 is 11.9 Å². The number of anilines is 1. The van der Waals surface area contributed by atoms with E-state index in [2.05, 4.69) is 21.7 Å². The fourth-order valence-corrected chi connectivity index (χ4v) is 4.11. The maximum atomic E-state index is 14.3. The van der Waals surface area contributed by atoms with Crippen LogP contribution in [0.25, 0.3) is 0 Å². The molecule has 9 heteroatoms. The summed E-state index contributed by atoms with van der Waals surface area (Å²) < 4.78 is 21.3. The number of amides is 2. The molecule has 1 aromatic heterocycles. The van der Waals surface area contributed by atoms with Gasteiger partial charge >= 0.3 is 0 Å². The van der Waals surface area contributed by atoms with E-state index in [9.17, 15) is 14.0 Å². The fraction of sp³-hybridized carbons (Fsp3) is 0.435. The minimum Gasteiger partial charge on any atom is -0.385 e. The minimum absolute atomic E-state index is 0.133. The van der Waals surface area contributed by atoms with Gasteiger partial charge in [-0.15, -0.1) is 6.42 Å². The number of nitrogens with one attached hydrogen (secondary N) is 2. The van der Waals surface area contributed by atoms with Gasteiger partial charge in [0.05, 0.1) is 11.8 Å². The monoisotopic (exact) mass is 439 g/mol. The molecule has 1 fully saturated rings. The zero-order valence-electron chi connectivity index (χ0n) is 17.8. The predicted octanol–water partition coefficient (Wildman–Crippen LogP) is 2.10. The SMILES string of the molecule is C#Cc1cnn(CCCCNc2cc(F)cc3c2CN(C2CCCOCNC2=O)C3=O)c1. The smallest absolute Gasteiger partial charge is 0.255 e. The Morgan fingerprint density at radius 3 is 3.03 bits per heavy atom. The van der Waals surface area contributed by atoms with E-state index in [-0.39, 0.29) is 25.1 Å². The maximum absolute atomic E-state index is 14.3. The number of carbonyl (C=O) groups excluding carboxylic acids is 2. The molecule has 0 aliphatic carbocycles. The second-order valence-corrected chi connectivity index (χ2v) is 7.93. The number of aryl methyl sites for hydroxylation is 1. The number of hydrogen-bond acceptors (Lipinski definition) is 5. The van der Waals surface area contributed by atoms with Crippen molar-refractivity contribution in [3.63, 3.8) is 0 Å². The summed E-state index contributed by atoms with van der Waals surface area (Å²) >= 11 is 0. The van der Waals surface area contributed by atoms with E-state index in [0.717, 1.165) is 30.5 Å². The predicted molar refractivity (Wildman–Crippen MR) is 116 cm³/mol. The highest BCUT2D eigenvalue weighted by atomic mass is 19.1. The molecule has 1 saturated heterocycles. The number of carbonyl (C=O) groups is 2. The molecule has 0 radical (unpaired) electrons. The van der Waals surface area contributed by atoms with Gasteiger partial charge in [0.15, 0.2) is 0 Å². The minimum atomic E-state index is -0.586. The van der Waals surface area contributed by atoms with Crippen LogP contribution in [0.1, 0.15) is 47.2 Å². The Labute approximate surface area is 186 Å². The zero-order chi connectivity index (χ0) is 22.5. The van der Waals surface area contributed by atoms with Crippen LogP contribution in [0.5, 0.6) is 0 Å². The lowest BCUT2D eigenvalue weighted by molar-refractivity contribution is -0.129. The highest BCUT2D eigenvalue weighted by Crippen LogP contribution is 2.33. The molecule has 2 N–H and O–H groups in total. The van der Waals surface area contributed by atoms with Crippen LogP contribution in [0.2, 0.25) is 0 Å². The number of rotatable bonds is 7. The van der Waals surface area contributed by atoms with Crippen molar-refractivity contribution in [2.75, 3.05) is 25.2 Å². The molecule has 1 atom stereocenters. The normalized spacial score (nSPS) is 18.5. The molecule has 168 valence electrons. The summed E-state index contributed by atoms with van der Waals surface area (Å²) in [5, 5.41) is 10.2. The number of hydrogen-bond donors (Lipinski definition) is 2. The van der Waals surface area contributed by atoms with Crippen molar-refractivity contribution in [2.45, 2.75) is 44.8 Å². The molecular formula is C23H26FN5O3. The third kappa shape index (κ3) is 4.75. The Morgan fingerprint density at radius 2 is 2.22 bits per heavy atom. The van der Waals surface area contributed by atoms with E-state index in [1.54, 1.807) is 10.9 Å². The Kier molecular flexibility index (Phi) is 6.71. The van der Waals surface area contributed by atoms with Gasteiger partial charge in [0.25, 0.3) is 5.91 Å². The molecule has 8 nitrogen and oxygen atoms in total. The van der Waals surface area contributed by atoms with Gasteiger partial charge < -0.3 is 20.3 Å². The molecule has 32 heavy (non-hydrogen) atoms. The number of fused-ring (bicyclic) bond motifs is 1. The first-order valence-electron chi connectivity index (χ1n) is 10.8. The first-order valence-corrected chi connectivity index (χ1v) is 10.8. The van der Waals surface area contributed by atoms with E-state index >= 15 is 0 Å². The second kappa shape index (κ2) is 9.83. The second-order valence-electron chi connectivity index (χ2n) is 7.93. The van der Waals surface area contributed by atoms with Crippen molar-refractivity contribution in [2.24, 2.45) is 0 Å². The summed E-state index contributed by atoms with van der Waals surface area (Å²) in [4.78, 5) is 27.0. The van der Waals surface area contributed by atoms with Crippen LogP contribution in [-0.4, -0.2) is 52.4 Å². The lowest BCUT2D eigenvalue weighted by Gasteiger charge is -2.28. The third-order valence-corrected chi connectivity index (χ3v) is 5.76. The maximum Gasteiger partial charge on any atom is 0.255 e. The van der Waals surface area contributed by atoms with Gasteiger partial charge in [-0.2, -0.15) is 5.10 Å². The molecule has 1 unspecified atom stereocenters. The molecule has 2 amide bonds. The zero-order valence-corrected chi connectivity index (χ0v) is 17.8. The number of terminal acetylenes is 1. The molecule has 2 aliphatic heterocycles. The third-order valence-electron chi connectivity index (χ3n) is 5.76. The highest BCUT2D eigenvalue weighted by molar-refractivity contribution is 6.02. The average molecular weight is 439 g/mol. The van der Waals surface area contributed by atoms with Crippen molar-refractivity contribution >= 4 is 17.5 Å². The fourth-order valence-electron chi connectivity index (χ4n) is 4.11. The van der Waals surface area contributed by atoms with Crippen LogP contribution >= 0.6 is 0 Å². The molecular weight excluding hydrogens is 413 g/mol. The molecule has 0 bridgehead atoms. The van der Waals surface area contributed by atoms with Gasteiger partial charge in [-0.3, -0.25) is 14.3 Å². The van der Waals surface area contributed by atoms with Crippen molar-refractivity contribution in [3.05, 3.63) is 47.0 Å². The number of ether oxygens (including phenoxy) is 1. The molecule has 0 spiro atoms.